The molecule has 3 heterocycles. The normalized spacial score (nSPS) is 10.7. The molecule has 106 valence electrons. The lowest BCUT2D eigenvalue weighted by molar-refractivity contribution is 0.726. The quantitative estimate of drug-likeness (QED) is 0.764. The molecule has 0 radical (unpaired) electrons. The van der Waals surface area contributed by atoms with Gasteiger partial charge in [-0.2, -0.15) is 10.4 Å². The molecule has 0 atom stereocenters. The molecule has 0 saturated carbocycles. The van der Waals surface area contributed by atoms with Gasteiger partial charge in [-0.15, -0.1) is 0 Å². The lowest BCUT2D eigenvalue weighted by atomic mass is 10.3. The van der Waals surface area contributed by atoms with E-state index >= 15 is 0 Å². The van der Waals surface area contributed by atoms with E-state index in [2.05, 4.69) is 25.4 Å². The molecular weight excluding hydrogens is 268 g/mol. The molecule has 0 unspecified atom stereocenters. The predicted molar refractivity (Wildman–Crippen MR) is 76.5 cm³/mol. The van der Waals surface area contributed by atoms with Crippen molar-refractivity contribution >= 4 is 16.9 Å². The molecule has 8 heteroatoms. The highest BCUT2D eigenvalue weighted by molar-refractivity contribution is 5.86. The molecule has 8 nitrogen and oxygen atoms in total. The summed E-state index contributed by atoms with van der Waals surface area (Å²) in [5.74, 6) is 1.70. The summed E-state index contributed by atoms with van der Waals surface area (Å²) >= 11 is 0. The first-order valence-corrected chi connectivity index (χ1v) is 6.56. The van der Waals surface area contributed by atoms with Crippen LogP contribution in [0.4, 0.5) is 5.82 Å². The fourth-order valence-electron chi connectivity index (χ4n) is 2.14. The molecule has 0 bridgehead atoms. The van der Waals surface area contributed by atoms with Gasteiger partial charge in [0.05, 0.1) is 18.1 Å². The van der Waals surface area contributed by atoms with Crippen LogP contribution in [0.5, 0.6) is 0 Å². The number of hydrogen-bond donors (Lipinski definition) is 1. The SMILES string of the molecule is CCNc1nc(Cn2ccnc2C#N)nc2c1cnn2C. The van der Waals surface area contributed by atoms with Crippen molar-refractivity contribution in [2.45, 2.75) is 13.5 Å². The van der Waals surface area contributed by atoms with E-state index in [9.17, 15) is 0 Å². The van der Waals surface area contributed by atoms with Gasteiger partial charge in [-0.25, -0.2) is 15.0 Å². The first kappa shape index (κ1) is 13.1. The van der Waals surface area contributed by atoms with Crippen LogP contribution in [0.25, 0.3) is 11.0 Å². The van der Waals surface area contributed by atoms with E-state index in [1.165, 1.54) is 0 Å². The maximum atomic E-state index is 9.01. The maximum Gasteiger partial charge on any atom is 0.213 e. The zero-order valence-corrected chi connectivity index (χ0v) is 11.8. The molecule has 0 aliphatic heterocycles. The Bertz CT molecular complexity index is 822. The van der Waals surface area contributed by atoms with Crippen LogP contribution in [0.1, 0.15) is 18.6 Å². The summed E-state index contributed by atoms with van der Waals surface area (Å²) in [6.45, 7) is 3.16. The monoisotopic (exact) mass is 282 g/mol. The highest BCUT2D eigenvalue weighted by Crippen LogP contribution is 2.19. The molecular formula is C13H14N8. The number of nitriles is 1. The number of nitrogens with zero attached hydrogens (tertiary/aromatic N) is 7. The number of aromatic nitrogens is 6. The van der Waals surface area contributed by atoms with Gasteiger partial charge in [-0.1, -0.05) is 0 Å². The molecule has 21 heavy (non-hydrogen) atoms. The molecule has 0 aliphatic rings. The van der Waals surface area contributed by atoms with Crippen LogP contribution in [0.15, 0.2) is 18.6 Å². The lowest BCUT2D eigenvalue weighted by Gasteiger charge is -2.08. The standard InChI is InChI=1S/C13H14N8/c1-3-15-12-9-7-17-20(2)13(9)19-10(18-12)8-21-5-4-16-11(21)6-14/h4-5,7H,3,8H2,1-2H3,(H,15,18,19). The van der Waals surface area contributed by atoms with Crippen molar-refractivity contribution in [2.24, 2.45) is 7.05 Å². The van der Waals surface area contributed by atoms with Crippen LogP contribution >= 0.6 is 0 Å². The van der Waals surface area contributed by atoms with E-state index in [-0.39, 0.29) is 0 Å². The van der Waals surface area contributed by atoms with Crippen LogP contribution in [-0.2, 0) is 13.6 Å². The van der Waals surface area contributed by atoms with Crippen molar-refractivity contribution in [2.75, 3.05) is 11.9 Å². The first-order chi connectivity index (χ1) is 10.2. The zero-order valence-electron chi connectivity index (χ0n) is 11.8. The van der Waals surface area contributed by atoms with E-state index < -0.39 is 0 Å². The Balaban J connectivity index is 2.06. The van der Waals surface area contributed by atoms with E-state index in [0.717, 1.165) is 23.4 Å². The fourth-order valence-corrected chi connectivity index (χ4v) is 2.14. The van der Waals surface area contributed by atoms with Crippen LogP contribution in [0.3, 0.4) is 0 Å². The first-order valence-electron chi connectivity index (χ1n) is 6.56. The van der Waals surface area contributed by atoms with Gasteiger partial charge < -0.3 is 9.88 Å². The summed E-state index contributed by atoms with van der Waals surface area (Å²) in [6.07, 6.45) is 5.07. The number of anilines is 1. The van der Waals surface area contributed by atoms with E-state index in [0.29, 0.717) is 18.2 Å². The molecule has 0 amide bonds. The van der Waals surface area contributed by atoms with Gasteiger partial charge in [0.1, 0.15) is 11.9 Å². The van der Waals surface area contributed by atoms with Gasteiger partial charge in [-0.3, -0.25) is 4.68 Å². The minimum absolute atomic E-state index is 0.341. The van der Waals surface area contributed by atoms with E-state index in [4.69, 9.17) is 5.26 Å². The van der Waals surface area contributed by atoms with Gasteiger partial charge >= 0.3 is 0 Å². The summed E-state index contributed by atoms with van der Waals surface area (Å²) in [7, 11) is 1.84. The summed E-state index contributed by atoms with van der Waals surface area (Å²) in [6, 6.07) is 2.04. The molecule has 3 aromatic heterocycles. The van der Waals surface area contributed by atoms with Gasteiger partial charge in [0.25, 0.3) is 0 Å². The highest BCUT2D eigenvalue weighted by Gasteiger charge is 2.12. The largest absolute Gasteiger partial charge is 0.370 e. The Hall–Kier alpha value is -2.95. The Morgan fingerprint density at radius 2 is 2.24 bits per heavy atom. The van der Waals surface area contributed by atoms with Gasteiger partial charge in [0.2, 0.25) is 5.82 Å². The molecule has 0 saturated heterocycles. The minimum Gasteiger partial charge on any atom is -0.370 e. The topological polar surface area (TPSA) is 97.2 Å². The van der Waals surface area contributed by atoms with Crippen molar-refractivity contribution in [3.8, 4) is 6.07 Å². The fraction of sp³-hybridized carbons (Fsp3) is 0.308. The smallest absolute Gasteiger partial charge is 0.213 e. The Morgan fingerprint density at radius 1 is 1.38 bits per heavy atom. The van der Waals surface area contributed by atoms with E-state index in [1.54, 1.807) is 27.8 Å². The summed E-state index contributed by atoms with van der Waals surface area (Å²) in [5, 5.41) is 17.3. The molecule has 0 aromatic carbocycles. The Kier molecular flexibility index (Phi) is 3.23. The van der Waals surface area contributed by atoms with Crippen LogP contribution in [-0.4, -0.2) is 35.8 Å². The number of fused-ring (bicyclic) bond motifs is 1. The van der Waals surface area contributed by atoms with E-state index in [1.807, 2.05) is 20.0 Å². The van der Waals surface area contributed by atoms with Gasteiger partial charge in [0, 0.05) is 26.0 Å². The Morgan fingerprint density at radius 3 is 3.00 bits per heavy atom. The number of rotatable bonds is 4. The Labute approximate surface area is 121 Å². The summed E-state index contributed by atoms with van der Waals surface area (Å²) < 4.78 is 3.42. The van der Waals surface area contributed by atoms with Gasteiger partial charge in [0.15, 0.2) is 11.5 Å². The van der Waals surface area contributed by atoms with Crippen molar-refractivity contribution in [3.05, 3.63) is 30.2 Å². The number of aryl methyl sites for hydroxylation is 1. The average molecular weight is 282 g/mol. The van der Waals surface area contributed by atoms with Crippen LogP contribution < -0.4 is 5.32 Å². The average Bonchev–Trinajstić information content (AvgIpc) is 3.07. The van der Waals surface area contributed by atoms with Crippen molar-refractivity contribution < 1.29 is 0 Å². The highest BCUT2D eigenvalue weighted by atomic mass is 15.3. The third kappa shape index (κ3) is 2.29. The second-order valence-electron chi connectivity index (χ2n) is 4.51. The number of imidazole rings is 1. The van der Waals surface area contributed by atoms with Crippen LogP contribution in [0, 0.1) is 11.3 Å². The molecule has 0 fully saturated rings. The number of nitrogens with one attached hydrogen (secondary N) is 1. The molecule has 0 aliphatic carbocycles. The second kappa shape index (κ2) is 5.20. The van der Waals surface area contributed by atoms with Gasteiger partial charge in [-0.05, 0) is 6.92 Å². The molecule has 3 aromatic rings. The lowest BCUT2D eigenvalue weighted by Crippen LogP contribution is -2.09. The third-order valence-electron chi connectivity index (χ3n) is 3.11. The third-order valence-corrected chi connectivity index (χ3v) is 3.11. The molecule has 3 rings (SSSR count). The summed E-state index contributed by atoms with van der Waals surface area (Å²) in [4.78, 5) is 13.0. The number of hydrogen-bond acceptors (Lipinski definition) is 6. The minimum atomic E-state index is 0.341. The molecule has 0 spiro atoms. The zero-order chi connectivity index (χ0) is 14.8. The predicted octanol–water partition coefficient (Wildman–Crippen LogP) is 0.912. The maximum absolute atomic E-state index is 9.01. The summed E-state index contributed by atoms with van der Waals surface area (Å²) in [5.41, 5.74) is 0.759. The van der Waals surface area contributed by atoms with Crippen LogP contribution in [0.2, 0.25) is 0 Å². The second-order valence-corrected chi connectivity index (χ2v) is 4.51. The van der Waals surface area contributed by atoms with Crippen molar-refractivity contribution in [1.29, 1.82) is 5.26 Å². The van der Waals surface area contributed by atoms with Crippen molar-refractivity contribution in [1.82, 2.24) is 29.3 Å². The molecule has 1 N–H and O–H groups in total. The van der Waals surface area contributed by atoms with Crippen molar-refractivity contribution in [3.63, 3.8) is 0 Å².